The second-order valence-corrected chi connectivity index (χ2v) is 8.25. The smallest absolute Gasteiger partial charge is 0.225 e. The van der Waals surface area contributed by atoms with E-state index in [1.165, 1.54) is 57.8 Å². The highest BCUT2D eigenvalue weighted by atomic mass is 16.2. The van der Waals surface area contributed by atoms with Crippen LogP contribution in [0.1, 0.15) is 78.6 Å². The predicted octanol–water partition coefficient (Wildman–Crippen LogP) is 4.22. The number of carbonyl (C=O) groups is 1. The van der Waals surface area contributed by atoms with Crippen molar-refractivity contribution >= 4 is 5.91 Å². The molecule has 0 radical (unpaired) electrons. The van der Waals surface area contributed by atoms with Crippen molar-refractivity contribution in [1.82, 2.24) is 10.2 Å². The lowest BCUT2D eigenvalue weighted by Crippen LogP contribution is -2.53. The van der Waals surface area contributed by atoms with Crippen LogP contribution in [0.4, 0.5) is 0 Å². The third kappa shape index (κ3) is 6.10. The van der Waals surface area contributed by atoms with Crippen molar-refractivity contribution in [2.75, 3.05) is 19.6 Å². The standard InChI is InChI=1S/C20H38N2O/c1-4-5-9-18-12-19(15-22(14-18)20(23)16(2)3)21-13-17-10-7-6-8-11-17/h16-19,21H,4-15H2,1-3H3. The van der Waals surface area contributed by atoms with Crippen molar-refractivity contribution in [3.05, 3.63) is 0 Å². The quantitative estimate of drug-likeness (QED) is 0.761. The topological polar surface area (TPSA) is 32.3 Å². The van der Waals surface area contributed by atoms with Crippen LogP contribution in [0.3, 0.4) is 0 Å². The Morgan fingerprint density at radius 2 is 1.87 bits per heavy atom. The van der Waals surface area contributed by atoms with Gasteiger partial charge < -0.3 is 10.2 Å². The van der Waals surface area contributed by atoms with Gasteiger partial charge in [-0.1, -0.05) is 52.9 Å². The minimum atomic E-state index is 0.124. The molecule has 1 saturated heterocycles. The Bertz CT molecular complexity index is 350. The van der Waals surface area contributed by atoms with Gasteiger partial charge in [-0.25, -0.2) is 0 Å². The molecule has 2 aliphatic rings. The van der Waals surface area contributed by atoms with Crippen LogP contribution >= 0.6 is 0 Å². The molecule has 23 heavy (non-hydrogen) atoms. The fraction of sp³-hybridized carbons (Fsp3) is 0.950. The molecule has 1 heterocycles. The van der Waals surface area contributed by atoms with E-state index in [-0.39, 0.29) is 5.92 Å². The maximum absolute atomic E-state index is 12.5. The van der Waals surface area contributed by atoms with Crippen molar-refractivity contribution in [1.29, 1.82) is 0 Å². The summed E-state index contributed by atoms with van der Waals surface area (Å²) < 4.78 is 0. The second-order valence-electron chi connectivity index (χ2n) is 8.25. The zero-order chi connectivity index (χ0) is 16.7. The molecule has 1 aliphatic heterocycles. The highest BCUT2D eigenvalue weighted by Crippen LogP contribution is 2.26. The third-order valence-corrected chi connectivity index (χ3v) is 5.73. The summed E-state index contributed by atoms with van der Waals surface area (Å²) in [5, 5.41) is 3.83. The molecule has 3 nitrogen and oxygen atoms in total. The van der Waals surface area contributed by atoms with Crippen molar-refractivity contribution in [2.24, 2.45) is 17.8 Å². The van der Waals surface area contributed by atoms with E-state index in [0.29, 0.717) is 17.9 Å². The van der Waals surface area contributed by atoms with Gasteiger partial charge in [-0.2, -0.15) is 0 Å². The maximum atomic E-state index is 12.5. The van der Waals surface area contributed by atoms with Crippen LogP contribution in [0.25, 0.3) is 0 Å². The minimum Gasteiger partial charge on any atom is -0.341 e. The Balaban J connectivity index is 1.86. The fourth-order valence-corrected chi connectivity index (χ4v) is 4.32. The summed E-state index contributed by atoms with van der Waals surface area (Å²) in [4.78, 5) is 14.6. The molecule has 0 spiro atoms. The number of amides is 1. The van der Waals surface area contributed by atoms with Crippen LogP contribution in [-0.2, 0) is 4.79 Å². The monoisotopic (exact) mass is 322 g/mol. The lowest BCUT2D eigenvalue weighted by atomic mass is 9.87. The molecule has 1 amide bonds. The molecular weight excluding hydrogens is 284 g/mol. The number of likely N-dealkylation sites (tertiary alicyclic amines) is 1. The van der Waals surface area contributed by atoms with E-state index in [2.05, 4.69) is 17.1 Å². The first-order valence-corrected chi connectivity index (χ1v) is 10.1. The molecule has 2 unspecified atom stereocenters. The number of hydrogen-bond donors (Lipinski definition) is 1. The molecule has 0 aromatic carbocycles. The average Bonchev–Trinajstić information content (AvgIpc) is 2.58. The zero-order valence-electron chi connectivity index (χ0n) is 15.7. The molecule has 134 valence electrons. The average molecular weight is 323 g/mol. The third-order valence-electron chi connectivity index (χ3n) is 5.73. The van der Waals surface area contributed by atoms with Crippen LogP contribution in [0.15, 0.2) is 0 Å². The minimum absolute atomic E-state index is 0.124. The zero-order valence-corrected chi connectivity index (χ0v) is 15.7. The fourth-order valence-electron chi connectivity index (χ4n) is 4.32. The van der Waals surface area contributed by atoms with Crippen LogP contribution in [0.5, 0.6) is 0 Å². The normalized spacial score (nSPS) is 26.7. The number of unbranched alkanes of at least 4 members (excludes halogenated alkanes) is 1. The molecule has 0 aromatic heterocycles. The summed E-state index contributed by atoms with van der Waals surface area (Å²) in [6, 6.07) is 0.509. The van der Waals surface area contributed by atoms with E-state index in [9.17, 15) is 4.79 Å². The van der Waals surface area contributed by atoms with Gasteiger partial charge in [0.05, 0.1) is 0 Å². The lowest BCUT2D eigenvalue weighted by Gasteiger charge is -2.40. The number of nitrogens with one attached hydrogen (secondary N) is 1. The SMILES string of the molecule is CCCCC1CC(NCC2CCCCC2)CN(C(=O)C(C)C)C1. The molecule has 0 bridgehead atoms. The van der Waals surface area contributed by atoms with Gasteiger partial charge in [0.25, 0.3) is 0 Å². The molecule has 2 fully saturated rings. The predicted molar refractivity (Wildman–Crippen MR) is 97.4 cm³/mol. The van der Waals surface area contributed by atoms with Gasteiger partial charge in [-0.15, -0.1) is 0 Å². The molecule has 1 saturated carbocycles. The summed E-state index contributed by atoms with van der Waals surface area (Å²) in [7, 11) is 0. The molecule has 3 heteroatoms. The van der Waals surface area contributed by atoms with Crippen LogP contribution in [0.2, 0.25) is 0 Å². The molecule has 1 aliphatic carbocycles. The number of carbonyl (C=O) groups excluding carboxylic acids is 1. The Labute approximate surface area is 143 Å². The van der Waals surface area contributed by atoms with Crippen LogP contribution in [0, 0.1) is 17.8 Å². The van der Waals surface area contributed by atoms with Gasteiger partial charge in [-0.3, -0.25) is 4.79 Å². The van der Waals surface area contributed by atoms with Crippen molar-refractivity contribution in [2.45, 2.75) is 84.6 Å². The molecule has 2 rings (SSSR count). The van der Waals surface area contributed by atoms with Gasteiger partial charge in [0, 0.05) is 25.0 Å². The van der Waals surface area contributed by atoms with E-state index in [1.807, 2.05) is 13.8 Å². The van der Waals surface area contributed by atoms with E-state index >= 15 is 0 Å². The Hall–Kier alpha value is -0.570. The molecule has 0 aromatic rings. The second kappa shape index (κ2) is 9.66. The van der Waals surface area contributed by atoms with E-state index in [0.717, 1.165) is 25.6 Å². The largest absolute Gasteiger partial charge is 0.341 e. The highest BCUT2D eigenvalue weighted by molar-refractivity contribution is 5.78. The van der Waals surface area contributed by atoms with Crippen molar-refractivity contribution in [3.8, 4) is 0 Å². The van der Waals surface area contributed by atoms with Crippen molar-refractivity contribution < 1.29 is 4.79 Å². The summed E-state index contributed by atoms with van der Waals surface area (Å²) in [5.41, 5.74) is 0. The summed E-state index contributed by atoms with van der Waals surface area (Å²) in [6.45, 7) is 9.39. The van der Waals surface area contributed by atoms with Gasteiger partial charge >= 0.3 is 0 Å². The van der Waals surface area contributed by atoms with Crippen LogP contribution in [-0.4, -0.2) is 36.5 Å². The Morgan fingerprint density at radius 1 is 1.13 bits per heavy atom. The van der Waals surface area contributed by atoms with Gasteiger partial charge in [0.1, 0.15) is 0 Å². The van der Waals surface area contributed by atoms with Gasteiger partial charge in [0.15, 0.2) is 0 Å². The van der Waals surface area contributed by atoms with E-state index in [1.54, 1.807) is 0 Å². The van der Waals surface area contributed by atoms with E-state index < -0.39 is 0 Å². The number of nitrogens with zero attached hydrogens (tertiary/aromatic N) is 1. The first-order chi connectivity index (χ1) is 11.1. The maximum Gasteiger partial charge on any atom is 0.225 e. The number of piperidine rings is 1. The Morgan fingerprint density at radius 3 is 2.52 bits per heavy atom. The van der Waals surface area contributed by atoms with Crippen LogP contribution < -0.4 is 5.32 Å². The first kappa shape index (κ1) is 18.8. The lowest BCUT2D eigenvalue weighted by molar-refractivity contribution is -0.137. The van der Waals surface area contributed by atoms with E-state index in [4.69, 9.17) is 0 Å². The first-order valence-electron chi connectivity index (χ1n) is 10.1. The van der Waals surface area contributed by atoms with Crippen molar-refractivity contribution in [3.63, 3.8) is 0 Å². The van der Waals surface area contributed by atoms with Gasteiger partial charge in [0.2, 0.25) is 5.91 Å². The number of rotatable bonds is 7. The summed E-state index contributed by atoms with van der Waals surface area (Å²) in [5.74, 6) is 2.03. The molecule has 1 N–H and O–H groups in total. The van der Waals surface area contributed by atoms with Gasteiger partial charge in [-0.05, 0) is 44.1 Å². The summed E-state index contributed by atoms with van der Waals surface area (Å²) in [6.07, 6.45) is 12.1. The number of hydrogen-bond acceptors (Lipinski definition) is 2. The highest BCUT2D eigenvalue weighted by Gasteiger charge is 2.30. The summed E-state index contributed by atoms with van der Waals surface area (Å²) >= 11 is 0. The molecular formula is C20H38N2O. The Kier molecular flexibility index (Phi) is 7.88. The molecule has 2 atom stereocenters.